The Kier molecular flexibility index (Phi) is 6.23. The molecule has 2 N–H and O–H groups in total. The summed E-state index contributed by atoms with van der Waals surface area (Å²) >= 11 is 6.08. The van der Waals surface area contributed by atoms with Gasteiger partial charge in [0.15, 0.2) is 0 Å². The van der Waals surface area contributed by atoms with Crippen molar-refractivity contribution in [2.24, 2.45) is 0 Å². The summed E-state index contributed by atoms with van der Waals surface area (Å²) in [6, 6.07) is 18.2. The molecule has 0 saturated carbocycles. The quantitative estimate of drug-likeness (QED) is 0.485. The van der Waals surface area contributed by atoms with Gasteiger partial charge >= 0.3 is 6.18 Å². The second-order valence-corrected chi connectivity index (χ2v) is 7.08. The van der Waals surface area contributed by atoms with Gasteiger partial charge in [0, 0.05) is 29.5 Å². The van der Waals surface area contributed by atoms with Gasteiger partial charge in [0.2, 0.25) is 0 Å². The van der Waals surface area contributed by atoms with Crippen molar-refractivity contribution in [2.45, 2.75) is 19.3 Å². The lowest BCUT2D eigenvalue weighted by atomic mass is 10.1. The molecule has 0 aliphatic rings. The summed E-state index contributed by atoms with van der Waals surface area (Å²) in [6.45, 7) is 0.725. The van der Waals surface area contributed by atoms with Gasteiger partial charge in [-0.15, -0.1) is 0 Å². The van der Waals surface area contributed by atoms with Crippen molar-refractivity contribution in [1.29, 1.82) is 0 Å². The van der Waals surface area contributed by atoms with Crippen LogP contribution in [-0.2, 0) is 19.3 Å². The van der Waals surface area contributed by atoms with Gasteiger partial charge < -0.3 is 15.4 Å². The molecule has 3 nitrogen and oxygen atoms in total. The van der Waals surface area contributed by atoms with Crippen LogP contribution >= 0.6 is 11.6 Å². The lowest BCUT2D eigenvalue weighted by Gasteiger charge is -2.27. The second-order valence-electron chi connectivity index (χ2n) is 6.65. The first-order valence-corrected chi connectivity index (χ1v) is 9.22. The van der Waals surface area contributed by atoms with Gasteiger partial charge in [-0.1, -0.05) is 35.9 Å². The minimum atomic E-state index is -4.48. The maximum Gasteiger partial charge on any atom is 0.416 e. The highest BCUT2D eigenvalue weighted by Crippen LogP contribution is 2.35. The van der Waals surface area contributed by atoms with Gasteiger partial charge in [0.25, 0.3) is 0 Å². The molecule has 3 aromatic rings. The van der Waals surface area contributed by atoms with Gasteiger partial charge in [-0.05, 0) is 53.6 Å². The van der Waals surface area contributed by atoms with Crippen LogP contribution in [0.15, 0.2) is 66.7 Å². The molecular formula is C22H20ClF3N2O. The van der Waals surface area contributed by atoms with Gasteiger partial charge in [-0.25, -0.2) is 0 Å². The van der Waals surface area contributed by atoms with Crippen molar-refractivity contribution in [2.75, 3.05) is 17.7 Å². The molecule has 0 spiro atoms. The first-order valence-electron chi connectivity index (χ1n) is 8.84. The highest BCUT2D eigenvalue weighted by atomic mass is 35.5. The van der Waals surface area contributed by atoms with E-state index in [0.29, 0.717) is 29.5 Å². The largest absolute Gasteiger partial charge is 0.497 e. The molecule has 0 heterocycles. The van der Waals surface area contributed by atoms with E-state index in [1.807, 2.05) is 41.3 Å². The molecule has 7 heteroatoms. The number of alkyl halides is 3. The summed E-state index contributed by atoms with van der Waals surface area (Å²) in [6.07, 6.45) is -4.48. The van der Waals surface area contributed by atoms with E-state index in [-0.39, 0.29) is 5.69 Å². The molecule has 0 bridgehead atoms. The molecule has 0 saturated heterocycles. The van der Waals surface area contributed by atoms with Crippen LogP contribution in [0, 0.1) is 0 Å². The van der Waals surface area contributed by atoms with E-state index in [9.17, 15) is 13.2 Å². The van der Waals surface area contributed by atoms with Crippen LogP contribution in [0.4, 0.5) is 24.5 Å². The summed E-state index contributed by atoms with van der Waals surface area (Å²) in [5.74, 6) is 0.675. The Labute approximate surface area is 172 Å². The fourth-order valence-corrected chi connectivity index (χ4v) is 3.28. The third kappa shape index (κ3) is 5.57. The molecule has 0 amide bonds. The topological polar surface area (TPSA) is 38.5 Å². The number of anilines is 2. The van der Waals surface area contributed by atoms with E-state index >= 15 is 0 Å². The van der Waals surface area contributed by atoms with Crippen molar-refractivity contribution in [3.8, 4) is 5.75 Å². The van der Waals surface area contributed by atoms with Crippen LogP contribution in [0.3, 0.4) is 0 Å². The molecule has 3 rings (SSSR count). The molecular weight excluding hydrogens is 401 g/mol. The highest BCUT2D eigenvalue weighted by molar-refractivity contribution is 6.30. The van der Waals surface area contributed by atoms with Crippen LogP contribution in [0.5, 0.6) is 5.75 Å². The highest BCUT2D eigenvalue weighted by Gasteiger charge is 2.31. The molecule has 29 heavy (non-hydrogen) atoms. The van der Waals surface area contributed by atoms with Gasteiger partial charge in [0.05, 0.1) is 12.7 Å². The summed E-state index contributed by atoms with van der Waals surface area (Å²) < 4.78 is 45.2. The second kappa shape index (κ2) is 8.66. The van der Waals surface area contributed by atoms with E-state index < -0.39 is 11.7 Å². The number of hydrogen-bond acceptors (Lipinski definition) is 3. The van der Waals surface area contributed by atoms with E-state index in [0.717, 1.165) is 23.3 Å². The number of hydrogen-bond donors (Lipinski definition) is 1. The average Bonchev–Trinajstić information content (AvgIpc) is 2.66. The zero-order chi connectivity index (χ0) is 21.0. The zero-order valence-corrected chi connectivity index (χ0v) is 16.5. The number of rotatable bonds is 6. The summed E-state index contributed by atoms with van der Waals surface area (Å²) in [7, 11) is 1.57. The lowest BCUT2D eigenvalue weighted by molar-refractivity contribution is -0.137. The fraction of sp³-hybridized carbons (Fsp3) is 0.182. The van der Waals surface area contributed by atoms with Crippen molar-refractivity contribution in [1.82, 2.24) is 0 Å². The number of halogens is 4. The minimum absolute atomic E-state index is 0.0524. The SMILES string of the molecule is COc1cccc(CN(Cc2cccc(Cl)c2)c2cc(N)cc(C(F)(F)F)c2)c1. The molecule has 0 aliphatic carbocycles. The lowest BCUT2D eigenvalue weighted by Crippen LogP contribution is -2.23. The monoisotopic (exact) mass is 420 g/mol. The van der Waals surface area contributed by atoms with Crippen LogP contribution in [-0.4, -0.2) is 7.11 Å². The minimum Gasteiger partial charge on any atom is -0.497 e. The Bertz CT molecular complexity index is 992. The molecule has 0 radical (unpaired) electrons. The molecule has 3 aromatic carbocycles. The van der Waals surface area contributed by atoms with Crippen LogP contribution in [0.2, 0.25) is 5.02 Å². The molecule has 0 unspecified atom stereocenters. The Morgan fingerprint density at radius 3 is 2.21 bits per heavy atom. The maximum atomic E-state index is 13.3. The molecule has 0 fully saturated rings. The molecule has 0 aromatic heterocycles. The Morgan fingerprint density at radius 2 is 1.59 bits per heavy atom. The Hall–Kier alpha value is -2.86. The number of nitrogens with two attached hydrogens (primary N) is 1. The van der Waals surface area contributed by atoms with E-state index in [1.54, 1.807) is 25.3 Å². The summed E-state index contributed by atoms with van der Waals surface area (Å²) in [5.41, 5.74) is 7.19. The van der Waals surface area contributed by atoms with Crippen molar-refractivity contribution in [3.05, 3.63) is 88.4 Å². The Balaban J connectivity index is 2.01. The zero-order valence-electron chi connectivity index (χ0n) is 15.7. The van der Waals surface area contributed by atoms with Gasteiger partial charge in [-0.3, -0.25) is 0 Å². The number of nitrogens with zero attached hydrogens (tertiary/aromatic N) is 1. The molecule has 152 valence electrons. The number of methoxy groups -OCH3 is 1. The van der Waals surface area contributed by atoms with Crippen LogP contribution < -0.4 is 15.4 Å². The van der Waals surface area contributed by atoms with Crippen LogP contribution in [0.1, 0.15) is 16.7 Å². The third-order valence-electron chi connectivity index (χ3n) is 4.40. The first-order chi connectivity index (χ1) is 13.7. The summed E-state index contributed by atoms with van der Waals surface area (Å²) in [4.78, 5) is 1.83. The Morgan fingerprint density at radius 1 is 0.931 bits per heavy atom. The summed E-state index contributed by atoms with van der Waals surface area (Å²) in [5, 5.41) is 0.562. The first kappa shape index (κ1) is 20.9. The predicted molar refractivity (Wildman–Crippen MR) is 110 cm³/mol. The fourth-order valence-electron chi connectivity index (χ4n) is 3.07. The third-order valence-corrected chi connectivity index (χ3v) is 4.64. The van der Waals surface area contributed by atoms with Gasteiger partial charge in [0.1, 0.15) is 5.75 Å². The molecule has 0 atom stereocenters. The number of benzene rings is 3. The predicted octanol–water partition coefficient (Wildman–Crippen LogP) is 6.16. The van der Waals surface area contributed by atoms with E-state index in [2.05, 4.69) is 0 Å². The van der Waals surface area contributed by atoms with Crippen molar-refractivity contribution in [3.63, 3.8) is 0 Å². The van der Waals surface area contributed by atoms with E-state index in [1.165, 1.54) is 0 Å². The normalized spacial score (nSPS) is 11.3. The smallest absolute Gasteiger partial charge is 0.416 e. The average molecular weight is 421 g/mol. The van der Waals surface area contributed by atoms with Crippen molar-refractivity contribution >= 4 is 23.0 Å². The number of nitrogen functional groups attached to an aromatic ring is 1. The van der Waals surface area contributed by atoms with E-state index in [4.69, 9.17) is 22.1 Å². The number of ether oxygens (including phenoxy) is 1. The molecule has 0 aliphatic heterocycles. The van der Waals surface area contributed by atoms with Gasteiger partial charge in [-0.2, -0.15) is 13.2 Å². The van der Waals surface area contributed by atoms with Crippen molar-refractivity contribution < 1.29 is 17.9 Å². The maximum absolute atomic E-state index is 13.3. The standard InChI is InChI=1S/C22H20ClF3N2O/c1-29-21-7-3-5-16(9-21)14-28(13-15-4-2-6-18(23)8-15)20-11-17(22(24,25)26)10-19(27)12-20/h2-12H,13-14,27H2,1H3. The van der Waals surface area contributed by atoms with Crippen LogP contribution in [0.25, 0.3) is 0 Å².